The number of aryl methyl sites for hydroxylation is 1. The van der Waals surface area contributed by atoms with Gasteiger partial charge in [0.25, 0.3) is 11.6 Å². The third-order valence-electron chi connectivity index (χ3n) is 3.81. The number of amides is 1. The maximum Gasteiger partial charge on any atom is 0.270 e. The van der Waals surface area contributed by atoms with Crippen molar-refractivity contribution < 1.29 is 9.72 Å². The molecule has 1 heterocycles. The number of nitrogens with zero attached hydrogens (tertiary/aromatic N) is 2. The van der Waals surface area contributed by atoms with E-state index in [9.17, 15) is 14.9 Å². The first kappa shape index (κ1) is 14.5. The van der Waals surface area contributed by atoms with Gasteiger partial charge < -0.3 is 10.2 Å². The molecule has 1 aliphatic rings. The predicted octanol–water partition coefficient (Wildman–Crippen LogP) is 1.73. The lowest BCUT2D eigenvalue weighted by atomic mass is 10.0. The Labute approximate surface area is 117 Å². The smallest absolute Gasteiger partial charge is 0.270 e. The first-order valence-corrected chi connectivity index (χ1v) is 6.70. The molecule has 1 N–H and O–H groups in total. The summed E-state index contributed by atoms with van der Waals surface area (Å²) >= 11 is 0. The van der Waals surface area contributed by atoms with Crippen molar-refractivity contribution in [2.24, 2.45) is 0 Å². The number of carbonyl (C=O) groups excluding carboxylic acids is 1. The molecule has 1 aromatic carbocycles. The van der Waals surface area contributed by atoms with E-state index in [4.69, 9.17) is 0 Å². The summed E-state index contributed by atoms with van der Waals surface area (Å²) < 4.78 is 0. The molecule has 0 bridgehead atoms. The van der Waals surface area contributed by atoms with E-state index in [-0.39, 0.29) is 23.7 Å². The lowest BCUT2D eigenvalue weighted by molar-refractivity contribution is -0.384. The van der Waals surface area contributed by atoms with Gasteiger partial charge >= 0.3 is 0 Å². The van der Waals surface area contributed by atoms with Crippen LogP contribution in [-0.2, 0) is 0 Å². The second-order valence-corrected chi connectivity index (χ2v) is 5.30. The minimum absolute atomic E-state index is 0.0378. The number of nitrogens with one attached hydrogen (secondary N) is 1. The zero-order valence-electron chi connectivity index (χ0n) is 11.9. The SMILES string of the molecule is Cc1cc(C(=O)N2CCNC(C)C2C)cc([N+](=O)[O-])c1. The fourth-order valence-corrected chi connectivity index (χ4v) is 2.50. The summed E-state index contributed by atoms with van der Waals surface area (Å²) in [5, 5.41) is 14.2. The number of hydrogen-bond acceptors (Lipinski definition) is 4. The van der Waals surface area contributed by atoms with Crippen LogP contribution in [0.5, 0.6) is 0 Å². The minimum Gasteiger partial charge on any atom is -0.333 e. The number of benzene rings is 1. The molecule has 2 rings (SSSR count). The van der Waals surface area contributed by atoms with Gasteiger partial charge in [-0.05, 0) is 32.4 Å². The van der Waals surface area contributed by atoms with Gasteiger partial charge in [-0.1, -0.05) is 0 Å². The summed E-state index contributed by atoms with van der Waals surface area (Å²) in [6.07, 6.45) is 0. The summed E-state index contributed by atoms with van der Waals surface area (Å²) in [7, 11) is 0. The Morgan fingerprint density at radius 2 is 2.10 bits per heavy atom. The number of non-ortho nitro benzene ring substituents is 1. The minimum atomic E-state index is -0.465. The highest BCUT2D eigenvalue weighted by Crippen LogP contribution is 2.20. The molecule has 0 aromatic heterocycles. The van der Waals surface area contributed by atoms with Crippen molar-refractivity contribution in [3.63, 3.8) is 0 Å². The summed E-state index contributed by atoms with van der Waals surface area (Å²) in [4.78, 5) is 24.8. The van der Waals surface area contributed by atoms with Gasteiger partial charge in [0.1, 0.15) is 0 Å². The number of carbonyl (C=O) groups is 1. The third kappa shape index (κ3) is 2.80. The molecule has 1 aliphatic heterocycles. The van der Waals surface area contributed by atoms with E-state index in [0.717, 1.165) is 12.1 Å². The molecule has 0 saturated carbocycles. The molecule has 108 valence electrons. The average molecular weight is 277 g/mol. The van der Waals surface area contributed by atoms with E-state index in [0.29, 0.717) is 12.1 Å². The molecule has 0 aliphatic carbocycles. The molecular formula is C14H19N3O3. The van der Waals surface area contributed by atoms with Crippen molar-refractivity contribution >= 4 is 11.6 Å². The van der Waals surface area contributed by atoms with E-state index in [1.807, 2.05) is 13.8 Å². The number of hydrogen-bond donors (Lipinski definition) is 1. The van der Waals surface area contributed by atoms with Crippen LogP contribution in [0.1, 0.15) is 29.8 Å². The highest BCUT2D eigenvalue weighted by molar-refractivity contribution is 5.95. The van der Waals surface area contributed by atoms with Gasteiger partial charge in [-0.2, -0.15) is 0 Å². The maximum absolute atomic E-state index is 12.6. The van der Waals surface area contributed by atoms with Gasteiger partial charge in [0.05, 0.1) is 4.92 Å². The fraction of sp³-hybridized carbons (Fsp3) is 0.500. The summed E-state index contributed by atoms with van der Waals surface area (Å²) in [5.74, 6) is -0.141. The molecular weight excluding hydrogens is 258 g/mol. The zero-order valence-corrected chi connectivity index (χ0v) is 11.9. The molecule has 1 fully saturated rings. The Balaban J connectivity index is 2.31. The number of piperazine rings is 1. The lowest BCUT2D eigenvalue weighted by Gasteiger charge is -2.38. The summed E-state index contributed by atoms with van der Waals surface area (Å²) in [6.45, 7) is 7.13. The van der Waals surface area contributed by atoms with Crippen LogP contribution in [0.15, 0.2) is 18.2 Å². The van der Waals surface area contributed by atoms with Crippen LogP contribution in [0.25, 0.3) is 0 Å². The number of rotatable bonds is 2. The normalized spacial score (nSPS) is 22.6. The van der Waals surface area contributed by atoms with Crippen LogP contribution in [0, 0.1) is 17.0 Å². The van der Waals surface area contributed by atoms with Gasteiger partial charge in [-0.15, -0.1) is 0 Å². The van der Waals surface area contributed by atoms with E-state index in [1.54, 1.807) is 17.9 Å². The van der Waals surface area contributed by atoms with Gasteiger partial charge in [0.15, 0.2) is 0 Å². The van der Waals surface area contributed by atoms with Crippen LogP contribution in [0.4, 0.5) is 5.69 Å². The molecule has 1 aromatic rings. The van der Waals surface area contributed by atoms with Crippen molar-refractivity contribution in [1.82, 2.24) is 10.2 Å². The van der Waals surface area contributed by atoms with Gasteiger partial charge in [-0.25, -0.2) is 0 Å². The Kier molecular flexibility index (Phi) is 4.04. The molecule has 1 saturated heterocycles. The molecule has 20 heavy (non-hydrogen) atoms. The standard InChI is InChI=1S/C14H19N3O3/c1-9-6-12(8-13(7-9)17(19)20)14(18)16-5-4-15-10(2)11(16)3/h6-8,10-11,15H,4-5H2,1-3H3. The zero-order chi connectivity index (χ0) is 14.9. The van der Waals surface area contributed by atoms with E-state index >= 15 is 0 Å². The van der Waals surface area contributed by atoms with Crippen LogP contribution in [0.2, 0.25) is 0 Å². The molecule has 2 atom stereocenters. The topological polar surface area (TPSA) is 75.5 Å². The highest BCUT2D eigenvalue weighted by Gasteiger charge is 2.29. The van der Waals surface area contributed by atoms with Crippen molar-refractivity contribution in [2.75, 3.05) is 13.1 Å². The highest BCUT2D eigenvalue weighted by atomic mass is 16.6. The first-order chi connectivity index (χ1) is 9.40. The van der Waals surface area contributed by atoms with E-state index < -0.39 is 4.92 Å². The average Bonchev–Trinajstić information content (AvgIpc) is 2.40. The van der Waals surface area contributed by atoms with E-state index in [2.05, 4.69) is 5.32 Å². The molecule has 6 heteroatoms. The van der Waals surface area contributed by atoms with Crippen molar-refractivity contribution in [2.45, 2.75) is 32.9 Å². The van der Waals surface area contributed by atoms with Crippen LogP contribution >= 0.6 is 0 Å². The van der Waals surface area contributed by atoms with Gasteiger partial charge in [0, 0.05) is 42.9 Å². The van der Waals surface area contributed by atoms with Crippen molar-refractivity contribution in [1.29, 1.82) is 0 Å². The Morgan fingerprint density at radius 3 is 2.75 bits per heavy atom. The summed E-state index contributed by atoms with van der Waals surface area (Å²) in [5.41, 5.74) is 1.07. The van der Waals surface area contributed by atoms with Crippen molar-refractivity contribution in [3.8, 4) is 0 Å². The van der Waals surface area contributed by atoms with Crippen LogP contribution < -0.4 is 5.32 Å². The number of nitro benzene ring substituents is 1. The quantitative estimate of drug-likeness (QED) is 0.659. The monoisotopic (exact) mass is 277 g/mol. The molecule has 1 amide bonds. The molecule has 0 spiro atoms. The fourth-order valence-electron chi connectivity index (χ4n) is 2.50. The second-order valence-electron chi connectivity index (χ2n) is 5.30. The predicted molar refractivity (Wildman–Crippen MR) is 75.8 cm³/mol. The maximum atomic E-state index is 12.6. The molecule has 0 radical (unpaired) electrons. The van der Waals surface area contributed by atoms with E-state index in [1.165, 1.54) is 12.1 Å². The number of nitro groups is 1. The Morgan fingerprint density at radius 1 is 1.40 bits per heavy atom. The Hall–Kier alpha value is -1.95. The Bertz CT molecular complexity index is 544. The van der Waals surface area contributed by atoms with Crippen LogP contribution in [0.3, 0.4) is 0 Å². The summed E-state index contributed by atoms with van der Waals surface area (Å²) in [6, 6.07) is 4.81. The third-order valence-corrected chi connectivity index (χ3v) is 3.81. The first-order valence-electron chi connectivity index (χ1n) is 6.70. The van der Waals surface area contributed by atoms with Gasteiger partial charge in [0.2, 0.25) is 0 Å². The molecule has 6 nitrogen and oxygen atoms in total. The molecule has 2 unspecified atom stereocenters. The largest absolute Gasteiger partial charge is 0.333 e. The van der Waals surface area contributed by atoms with Crippen molar-refractivity contribution in [3.05, 3.63) is 39.4 Å². The van der Waals surface area contributed by atoms with Crippen LogP contribution in [-0.4, -0.2) is 40.9 Å². The lowest BCUT2D eigenvalue weighted by Crippen LogP contribution is -2.57. The van der Waals surface area contributed by atoms with Gasteiger partial charge in [-0.3, -0.25) is 14.9 Å². The second kappa shape index (κ2) is 5.58.